The second-order valence-corrected chi connectivity index (χ2v) is 7.72. The molecule has 0 atom stereocenters. The summed E-state index contributed by atoms with van der Waals surface area (Å²) in [7, 11) is 0. The van der Waals surface area contributed by atoms with Crippen LogP contribution in [0.5, 0.6) is 0 Å². The van der Waals surface area contributed by atoms with Gasteiger partial charge in [-0.25, -0.2) is 0 Å². The Morgan fingerprint density at radius 2 is 1.83 bits per heavy atom. The van der Waals surface area contributed by atoms with Crippen LogP contribution in [0.1, 0.15) is 42.9 Å². The first-order valence-electron chi connectivity index (χ1n) is 8.59. The van der Waals surface area contributed by atoms with Gasteiger partial charge < -0.3 is 0 Å². The van der Waals surface area contributed by atoms with Gasteiger partial charge in [-0.3, -0.25) is 0 Å². The highest BCUT2D eigenvalue weighted by atomic mass is 32.2. The van der Waals surface area contributed by atoms with Crippen LogP contribution in [-0.2, 0) is 6.42 Å². The van der Waals surface area contributed by atoms with Gasteiger partial charge in [0.15, 0.2) is 0 Å². The average molecular weight is 323 g/mol. The highest BCUT2D eigenvalue weighted by Crippen LogP contribution is 2.40. The molecule has 1 aliphatic carbocycles. The van der Waals surface area contributed by atoms with Gasteiger partial charge in [-0.1, -0.05) is 54.1 Å². The Bertz CT molecular complexity index is 693. The monoisotopic (exact) mass is 322 g/mol. The summed E-state index contributed by atoms with van der Waals surface area (Å²) in [6.07, 6.45) is 11.0. The molecule has 0 radical (unpaired) electrons. The van der Waals surface area contributed by atoms with E-state index >= 15 is 0 Å². The normalized spacial score (nSPS) is 19.0. The third-order valence-corrected chi connectivity index (χ3v) is 5.92. The molecule has 0 bridgehead atoms. The average Bonchev–Trinajstić information content (AvgIpc) is 2.70. The summed E-state index contributed by atoms with van der Waals surface area (Å²) in [4.78, 5) is 0. The van der Waals surface area contributed by atoms with Crippen molar-refractivity contribution in [3.63, 3.8) is 0 Å². The van der Waals surface area contributed by atoms with E-state index in [1.54, 1.807) is 11.1 Å². The Labute approximate surface area is 145 Å². The van der Waals surface area contributed by atoms with E-state index in [0.29, 0.717) is 0 Å². The molecule has 0 nitrogen and oxygen atoms in total. The lowest BCUT2D eigenvalue weighted by molar-refractivity contribution is 0.963. The van der Waals surface area contributed by atoms with Gasteiger partial charge in [0.1, 0.15) is 0 Å². The van der Waals surface area contributed by atoms with E-state index in [9.17, 15) is 0 Å². The van der Waals surface area contributed by atoms with E-state index in [4.69, 9.17) is 0 Å². The van der Waals surface area contributed by atoms with E-state index in [1.807, 2.05) is 6.08 Å². The Morgan fingerprint density at radius 1 is 1.04 bits per heavy atom. The van der Waals surface area contributed by atoms with Crippen molar-refractivity contribution >= 4 is 17.3 Å². The van der Waals surface area contributed by atoms with Crippen molar-refractivity contribution in [2.24, 2.45) is 0 Å². The van der Waals surface area contributed by atoms with Gasteiger partial charge in [-0.2, -0.15) is 11.8 Å². The SMILES string of the molecule is C=C/C=C\C1=C(C)C(=C2CCSCC2)c2ccc(C)cc2CC1. The molecule has 0 amide bonds. The van der Waals surface area contributed by atoms with E-state index < -0.39 is 0 Å². The minimum Gasteiger partial charge on any atom is -0.161 e. The maximum atomic E-state index is 3.83. The summed E-state index contributed by atoms with van der Waals surface area (Å²) in [6, 6.07) is 7.02. The highest BCUT2D eigenvalue weighted by molar-refractivity contribution is 7.99. The zero-order chi connectivity index (χ0) is 16.2. The third kappa shape index (κ3) is 3.55. The topological polar surface area (TPSA) is 0 Å². The summed E-state index contributed by atoms with van der Waals surface area (Å²) >= 11 is 2.09. The second kappa shape index (κ2) is 7.40. The molecule has 1 heteroatoms. The standard InChI is InChI=1S/C22H26S/c1-4-5-6-18-8-9-20-15-16(2)7-10-21(20)22(17(18)3)19-11-13-23-14-12-19/h4-7,10,15H,1,8-9,11-14H2,2-3H3/b6-5-. The minimum absolute atomic E-state index is 1.12. The maximum absolute atomic E-state index is 3.83. The smallest absolute Gasteiger partial charge is 0.00298 e. The maximum Gasteiger partial charge on any atom is -0.00298 e. The molecule has 3 rings (SSSR count). The van der Waals surface area contributed by atoms with E-state index in [1.165, 1.54) is 52.2 Å². The van der Waals surface area contributed by atoms with Crippen molar-refractivity contribution in [2.75, 3.05) is 11.5 Å². The van der Waals surface area contributed by atoms with E-state index in [-0.39, 0.29) is 0 Å². The molecule has 2 aliphatic rings. The first-order chi connectivity index (χ1) is 11.2. The molecule has 23 heavy (non-hydrogen) atoms. The van der Waals surface area contributed by atoms with Crippen molar-refractivity contribution in [3.05, 3.63) is 76.4 Å². The van der Waals surface area contributed by atoms with Crippen molar-refractivity contribution in [1.29, 1.82) is 0 Å². The molecule has 0 saturated carbocycles. The lowest BCUT2D eigenvalue weighted by Crippen LogP contribution is -2.04. The molecule has 0 N–H and O–H groups in total. The number of hydrogen-bond acceptors (Lipinski definition) is 1. The lowest BCUT2D eigenvalue weighted by Gasteiger charge is -2.22. The third-order valence-electron chi connectivity index (χ3n) is 4.93. The number of aryl methyl sites for hydroxylation is 2. The number of thioether (sulfide) groups is 1. The Balaban J connectivity index is 2.18. The van der Waals surface area contributed by atoms with Crippen LogP contribution in [0, 0.1) is 6.92 Å². The molecule has 1 heterocycles. The van der Waals surface area contributed by atoms with Crippen LogP contribution in [-0.4, -0.2) is 11.5 Å². The summed E-state index contributed by atoms with van der Waals surface area (Å²) in [5, 5.41) is 0. The summed E-state index contributed by atoms with van der Waals surface area (Å²) in [5.41, 5.74) is 10.5. The number of fused-ring (bicyclic) bond motifs is 1. The molecule has 1 aromatic rings. The van der Waals surface area contributed by atoms with Crippen LogP contribution in [0.4, 0.5) is 0 Å². The molecule has 1 aliphatic heterocycles. The predicted octanol–water partition coefficient (Wildman–Crippen LogP) is 6.28. The van der Waals surface area contributed by atoms with Crippen molar-refractivity contribution in [3.8, 4) is 0 Å². The van der Waals surface area contributed by atoms with Crippen LogP contribution in [0.3, 0.4) is 0 Å². The zero-order valence-electron chi connectivity index (χ0n) is 14.3. The molecular formula is C22H26S. The number of rotatable bonds is 2. The fraction of sp³-hybridized carbons (Fsp3) is 0.364. The van der Waals surface area contributed by atoms with Gasteiger partial charge in [0, 0.05) is 0 Å². The zero-order valence-corrected chi connectivity index (χ0v) is 15.1. The summed E-state index contributed by atoms with van der Waals surface area (Å²) < 4.78 is 0. The Hall–Kier alpha value is -1.47. The van der Waals surface area contributed by atoms with Crippen LogP contribution in [0.2, 0.25) is 0 Å². The van der Waals surface area contributed by atoms with Gasteiger partial charge in [-0.15, -0.1) is 0 Å². The fourth-order valence-electron chi connectivity index (χ4n) is 3.71. The summed E-state index contributed by atoms with van der Waals surface area (Å²) in [6.45, 7) is 8.35. The molecule has 0 unspecified atom stereocenters. The molecule has 1 saturated heterocycles. The van der Waals surface area contributed by atoms with Gasteiger partial charge in [0.25, 0.3) is 0 Å². The minimum atomic E-state index is 1.12. The summed E-state index contributed by atoms with van der Waals surface area (Å²) in [5.74, 6) is 2.54. The van der Waals surface area contributed by atoms with Gasteiger partial charge in [-0.05, 0) is 78.9 Å². The molecule has 120 valence electrons. The second-order valence-electron chi connectivity index (χ2n) is 6.50. The largest absolute Gasteiger partial charge is 0.161 e. The number of allylic oxidation sites excluding steroid dienone is 7. The Morgan fingerprint density at radius 3 is 2.57 bits per heavy atom. The Kier molecular flexibility index (Phi) is 5.27. The first kappa shape index (κ1) is 16.4. The van der Waals surface area contributed by atoms with Gasteiger partial charge in [0.2, 0.25) is 0 Å². The van der Waals surface area contributed by atoms with Crippen LogP contribution >= 0.6 is 11.8 Å². The van der Waals surface area contributed by atoms with Gasteiger partial charge >= 0.3 is 0 Å². The van der Waals surface area contributed by atoms with E-state index in [0.717, 1.165) is 12.8 Å². The molecule has 0 spiro atoms. The quantitative estimate of drug-likeness (QED) is 0.577. The van der Waals surface area contributed by atoms with Crippen LogP contribution in [0.25, 0.3) is 5.57 Å². The molecular weight excluding hydrogens is 296 g/mol. The van der Waals surface area contributed by atoms with Crippen LogP contribution in [0.15, 0.2) is 59.7 Å². The molecule has 1 aromatic carbocycles. The lowest BCUT2D eigenvalue weighted by atomic mass is 9.87. The molecule has 0 aromatic heterocycles. The van der Waals surface area contributed by atoms with Crippen molar-refractivity contribution < 1.29 is 0 Å². The number of hydrogen-bond donors (Lipinski definition) is 0. The van der Waals surface area contributed by atoms with E-state index in [2.05, 4.69) is 62.5 Å². The van der Waals surface area contributed by atoms with Gasteiger partial charge in [0.05, 0.1) is 0 Å². The molecule has 1 fully saturated rings. The highest BCUT2D eigenvalue weighted by Gasteiger charge is 2.21. The predicted molar refractivity (Wildman–Crippen MR) is 105 cm³/mol. The number of benzene rings is 1. The fourth-order valence-corrected chi connectivity index (χ4v) is 4.69. The first-order valence-corrected chi connectivity index (χ1v) is 9.75. The van der Waals surface area contributed by atoms with Crippen LogP contribution < -0.4 is 0 Å². The van der Waals surface area contributed by atoms with Crippen molar-refractivity contribution in [2.45, 2.75) is 39.5 Å². The van der Waals surface area contributed by atoms with Crippen molar-refractivity contribution in [1.82, 2.24) is 0 Å².